The highest BCUT2D eigenvalue weighted by molar-refractivity contribution is 6.01. The molecule has 0 spiro atoms. The predicted octanol–water partition coefficient (Wildman–Crippen LogP) is 3.05. The van der Waals surface area contributed by atoms with Crippen LogP contribution in [0, 0.1) is 20.8 Å². The smallest absolute Gasteiger partial charge is 0.272 e. The minimum absolute atomic E-state index is 0.0782. The summed E-state index contributed by atoms with van der Waals surface area (Å²) in [4.78, 5) is 43.2. The van der Waals surface area contributed by atoms with E-state index in [9.17, 15) is 14.4 Å². The maximum atomic E-state index is 12.9. The van der Waals surface area contributed by atoms with Gasteiger partial charge in [0, 0.05) is 24.8 Å². The minimum Gasteiger partial charge on any atom is -0.332 e. The van der Waals surface area contributed by atoms with E-state index in [2.05, 4.69) is 10.3 Å². The highest BCUT2D eigenvalue weighted by Gasteiger charge is 2.17. The number of hydrogen-bond acceptors (Lipinski definition) is 4. The van der Waals surface area contributed by atoms with E-state index < -0.39 is 0 Å². The number of anilines is 1. The molecule has 1 aromatic heterocycles. The lowest BCUT2D eigenvalue weighted by Gasteiger charge is -2.18. The lowest BCUT2D eigenvalue weighted by atomic mass is 10.1. The third-order valence-electron chi connectivity index (χ3n) is 5.28. The molecule has 3 rings (SSSR count). The van der Waals surface area contributed by atoms with Crippen molar-refractivity contribution in [3.05, 3.63) is 69.1 Å². The van der Waals surface area contributed by atoms with Crippen LogP contribution < -0.4 is 10.9 Å². The number of hydrogen-bond donors (Lipinski definition) is 1. The van der Waals surface area contributed by atoms with Gasteiger partial charge in [0.2, 0.25) is 5.91 Å². The topological polar surface area (TPSA) is 84.3 Å². The van der Waals surface area contributed by atoms with Gasteiger partial charge in [-0.05, 0) is 63.1 Å². The van der Waals surface area contributed by atoms with Gasteiger partial charge in [-0.1, -0.05) is 12.1 Å². The van der Waals surface area contributed by atoms with Crippen molar-refractivity contribution in [1.82, 2.24) is 14.5 Å². The lowest BCUT2D eigenvalue weighted by Crippen LogP contribution is -2.35. The first-order valence-electron chi connectivity index (χ1n) is 9.85. The molecule has 156 valence electrons. The average Bonchev–Trinajstić information content (AvgIpc) is 2.71. The van der Waals surface area contributed by atoms with E-state index in [4.69, 9.17) is 0 Å². The van der Waals surface area contributed by atoms with Crippen molar-refractivity contribution >= 4 is 28.5 Å². The summed E-state index contributed by atoms with van der Waals surface area (Å²) in [5.74, 6) is -0.559. The number of aromatic nitrogens is 2. The van der Waals surface area contributed by atoms with Crippen LogP contribution in [0.1, 0.15) is 34.1 Å². The van der Waals surface area contributed by atoms with Crippen molar-refractivity contribution in [2.75, 3.05) is 18.9 Å². The van der Waals surface area contributed by atoms with E-state index in [-0.39, 0.29) is 23.9 Å². The lowest BCUT2D eigenvalue weighted by molar-refractivity contribution is -0.116. The Hall–Kier alpha value is -3.48. The van der Waals surface area contributed by atoms with Crippen LogP contribution in [0.25, 0.3) is 11.0 Å². The van der Waals surface area contributed by atoms with E-state index in [1.54, 1.807) is 36.7 Å². The predicted molar refractivity (Wildman–Crippen MR) is 118 cm³/mol. The van der Waals surface area contributed by atoms with Crippen LogP contribution in [-0.4, -0.2) is 39.9 Å². The van der Waals surface area contributed by atoms with Crippen molar-refractivity contribution in [3.63, 3.8) is 0 Å². The molecule has 1 N–H and O–H groups in total. The molecule has 7 nitrogen and oxygen atoms in total. The molecule has 0 bridgehead atoms. The zero-order chi connectivity index (χ0) is 22.0. The molecule has 1 heterocycles. The number of carbonyl (C=O) groups is 2. The van der Waals surface area contributed by atoms with E-state index in [1.165, 1.54) is 4.90 Å². The molecule has 2 amide bonds. The Morgan fingerprint density at radius 2 is 1.87 bits per heavy atom. The molecule has 0 atom stereocenters. The minimum atomic E-state index is -0.290. The van der Waals surface area contributed by atoms with Gasteiger partial charge in [0.1, 0.15) is 5.69 Å². The number of nitrogens with one attached hydrogen (secondary N) is 1. The summed E-state index contributed by atoms with van der Waals surface area (Å²) in [5, 5.41) is 2.86. The van der Waals surface area contributed by atoms with Crippen LogP contribution in [0.2, 0.25) is 0 Å². The highest BCUT2D eigenvalue weighted by Crippen LogP contribution is 2.18. The van der Waals surface area contributed by atoms with Crippen molar-refractivity contribution < 1.29 is 9.59 Å². The summed E-state index contributed by atoms with van der Waals surface area (Å²) in [6.07, 6.45) is 0. The van der Waals surface area contributed by atoms with E-state index in [1.807, 2.05) is 39.0 Å². The SMILES string of the molecule is CCn1c(=O)c(C)nc2cc(C(=O)N(C)CC(=O)Nc3cccc(C)c3C)ccc21. The number of benzene rings is 2. The summed E-state index contributed by atoms with van der Waals surface area (Å²) in [6, 6.07) is 10.7. The van der Waals surface area contributed by atoms with Gasteiger partial charge in [0.05, 0.1) is 17.6 Å². The molecule has 0 radical (unpaired) electrons. The third kappa shape index (κ3) is 4.10. The number of fused-ring (bicyclic) bond motifs is 1. The van der Waals surface area contributed by atoms with Crippen LogP contribution in [0.5, 0.6) is 0 Å². The Morgan fingerprint density at radius 3 is 2.57 bits per heavy atom. The van der Waals surface area contributed by atoms with E-state index >= 15 is 0 Å². The fraction of sp³-hybridized carbons (Fsp3) is 0.304. The number of nitrogens with zero attached hydrogens (tertiary/aromatic N) is 3. The van der Waals surface area contributed by atoms with Gasteiger partial charge in [-0.3, -0.25) is 14.4 Å². The second kappa shape index (κ2) is 8.49. The summed E-state index contributed by atoms with van der Waals surface area (Å²) in [5.41, 5.74) is 4.74. The fourth-order valence-electron chi connectivity index (χ4n) is 3.41. The molecule has 0 aliphatic carbocycles. The van der Waals surface area contributed by atoms with Crippen molar-refractivity contribution in [1.29, 1.82) is 0 Å². The standard InChI is InChI=1S/C23H26N4O3/c1-6-27-20-11-10-17(12-19(20)24-16(4)22(27)29)23(30)26(5)13-21(28)25-18-9-7-8-14(2)15(18)3/h7-12H,6,13H2,1-5H3,(H,25,28). The van der Waals surface area contributed by atoms with Gasteiger partial charge in [0.25, 0.3) is 11.5 Å². The van der Waals surface area contributed by atoms with Gasteiger partial charge in [-0.2, -0.15) is 0 Å². The average molecular weight is 406 g/mol. The Kier molecular flexibility index (Phi) is 6.01. The second-order valence-electron chi connectivity index (χ2n) is 7.41. The van der Waals surface area contributed by atoms with Crippen molar-refractivity contribution in [3.8, 4) is 0 Å². The molecule has 0 unspecified atom stereocenters. The maximum Gasteiger partial charge on any atom is 0.272 e. The Morgan fingerprint density at radius 1 is 1.13 bits per heavy atom. The number of carbonyl (C=O) groups excluding carboxylic acids is 2. The molecule has 0 saturated heterocycles. The number of amides is 2. The number of aryl methyl sites for hydroxylation is 3. The number of rotatable bonds is 5. The van der Waals surface area contributed by atoms with Crippen molar-refractivity contribution in [2.45, 2.75) is 34.2 Å². The summed E-state index contributed by atoms with van der Waals surface area (Å²) < 4.78 is 1.63. The van der Waals surface area contributed by atoms with E-state index in [0.717, 1.165) is 16.8 Å². The summed E-state index contributed by atoms with van der Waals surface area (Å²) in [7, 11) is 1.58. The Balaban J connectivity index is 1.79. The zero-order valence-electron chi connectivity index (χ0n) is 17.9. The zero-order valence-corrected chi connectivity index (χ0v) is 17.9. The molecule has 0 aliphatic rings. The normalized spacial score (nSPS) is 10.8. The van der Waals surface area contributed by atoms with Crippen LogP contribution >= 0.6 is 0 Å². The molecule has 0 saturated carbocycles. The Labute approximate surface area is 175 Å². The molecule has 0 fully saturated rings. The molecular weight excluding hydrogens is 380 g/mol. The van der Waals surface area contributed by atoms with Crippen molar-refractivity contribution in [2.24, 2.45) is 0 Å². The van der Waals surface area contributed by atoms with Crippen LogP contribution in [0.4, 0.5) is 5.69 Å². The van der Waals surface area contributed by atoms with Gasteiger partial charge in [0.15, 0.2) is 0 Å². The largest absolute Gasteiger partial charge is 0.332 e. The molecular formula is C23H26N4O3. The van der Waals surface area contributed by atoms with Crippen LogP contribution in [0.15, 0.2) is 41.2 Å². The van der Waals surface area contributed by atoms with Crippen LogP contribution in [0.3, 0.4) is 0 Å². The van der Waals surface area contributed by atoms with Gasteiger partial charge in [-0.25, -0.2) is 4.98 Å². The summed E-state index contributed by atoms with van der Waals surface area (Å²) >= 11 is 0. The Bertz CT molecular complexity index is 1200. The first-order valence-corrected chi connectivity index (χ1v) is 9.85. The second-order valence-corrected chi connectivity index (χ2v) is 7.41. The first kappa shape index (κ1) is 21.2. The molecule has 7 heteroatoms. The summed E-state index contributed by atoms with van der Waals surface area (Å²) in [6.45, 7) is 7.91. The maximum absolute atomic E-state index is 12.9. The molecule has 30 heavy (non-hydrogen) atoms. The third-order valence-corrected chi connectivity index (χ3v) is 5.28. The number of likely N-dealkylation sites (N-methyl/N-ethyl adjacent to an activating group) is 1. The quantitative estimate of drug-likeness (QED) is 0.706. The fourth-order valence-corrected chi connectivity index (χ4v) is 3.41. The van der Waals surface area contributed by atoms with Gasteiger partial charge in [-0.15, -0.1) is 0 Å². The monoisotopic (exact) mass is 406 g/mol. The molecule has 3 aromatic rings. The van der Waals surface area contributed by atoms with E-state index in [0.29, 0.717) is 28.8 Å². The first-order chi connectivity index (χ1) is 14.2. The molecule has 2 aromatic carbocycles. The molecule has 0 aliphatic heterocycles. The highest BCUT2D eigenvalue weighted by atomic mass is 16.2. The van der Waals surface area contributed by atoms with Gasteiger partial charge < -0.3 is 14.8 Å². The van der Waals surface area contributed by atoms with Gasteiger partial charge >= 0.3 is 0 Å². The van der Waals surface area contributed by atoms with Crippen LogP contribution in [-0.2, 0) is 11.3 Å².